The molecule has 0 radical (unpaired) electrons. The number of rotatable bonds is 5. The Balaban J connectivity index is 1.86. The molecule has 2 aromatic carbocycles. The zero-order chi connectivity index (χ0) is 20.1. The van der Waals surface area contributed by atoms with E-state index in [1.54, 1.807) is 4.90 Å². The SMILES string of the molecule is CCC(=O)N1CCC[C@@](Cc2ccc(-c3ccccc3)cc2)(C(=O)N(C)C)C1. The van der Waals surface area contributed by atoms with Crippen LogP contribution >= 0.6 is 0 Å². The van der Waals surface area contributed by atoms with Gasteiger partial charge in [0.25, 0.3) is 0 Å². The monoisotopic (exact) mass is 378 g/mol. The maximum absolute atomic E-state index is 13.2. The first kappa shape index (κ1) is 20.1. The molecule has 1 saturated heterocycles. The van der Waals surface area contributed by atoms with Gasteiger partial charge < -0.3 is 9.80 Å². The molecular weight excluding hydrogens is 348 g/mol. The van der Waals surface area contributed by atoms with E-state index in [-0.39, 0.29) is 11.8 Å². The third-order valence-corrected chi connectivity index (χ3v) is 5.70. The number of hydrogen-bond acceptors (Lipinski definition) is 2. The lowest BCUT2D eigenvalue weighted by Crippen LogP contribution is -2.54. The first-order valence-electron chi connectivity index (χ1n) is 10.1. The lowest BCUT2D eigenvalue weighted by Gasteiger charge is -2.43. The van der Waals surface area contributed by atoms with Gasteiger partial charge in [-0.1, -0.05) is 61.5 Å². The molecule has 1 atom stereocenters. The zero-order valence-corrected chi connectivity index (χ0v) is 17.1. The van der Waals surface area contributed by atoms with Crippen LogP contribution in [-0.4, -0.2) is 48.8 Å². The van der Waals surface area contributed by atoms with E-state index in [0.717, 1.165) is 24.9 Å². The summed E-state index contributed by atoms with van der Waals surface area (Å²) in [5, 5.41) is 0. The van der Waals surface area contributed by atoms with Crippen molar-refractivity contribution in [3.8, 4) is 11.1 Å². The van der Waals surface area contributed by atoms with Gasteiger partial charge in [-0.25, -0.2) is 0 Å². The molecule has 4 nitrogen and oxygen atoms in total. The highest BCUT2D eigenvalue weighted by Gasteiger charge is 2.44. The van der Waals surface area contributed by atoms with Crippen molar-refractivity contribution < 1.29 is 9.59 Å². The van der Waals surface area contributed by atoms with Crippen LogP contribution in [0.2, 0.25) is 0 Å². The van der Waals surface area contributed by atoms with E-state index in [2.05, 4.69) is 36.4 Å². The van der Waals surface area contributed by atoms with Gasteiger partial charge in [-0.3, -0.25) is 9.59 Å². The molecule has 0 spiro atoms. The summed E-state index contributed by atoms with van der Waals surface area (Å²) in [6.45, 7) is 3.15. The fourth-order valence-corrected chi connectivity index (χ4v) is 4.27. The highest BCUT2D eigenvalue weighted by Crippen LogP contribution is 2.36. The second-order valence-corrected chi connectivity index (χ2v) is 7.99. The molecule has 1 heterocycles. The van der Waals surface area contributed by atoms with Gasteiger partial charge in [0.15, 0.2) is 0 Å². The van der Waals surface area contributed by atoms with Crippen LogP contribution in [0.3, 0.4) is 0 Å². The van der Waals surface area contributed by atoms with Gasteiger partial charge >= 0.3 is 0 Å². The Hall–Kier alpha value is -2.62. The van der Waals surface area contributed by atoms with Gasteiger partial charge in [0, 0.05) is 33.6 Å². The first-order valence-corrected chi connectivity index (χ1v) is 10.1. The van der Waals surface area contributed by atoms with Crippen LogP contribution in [0.25, 0.3) is 11.1 Å². The number of benzene rings is 2. The summed E-state index contributed by atoms with van der Waals surface area (Å²) in [7, 11) is 3.62. The average molecular weight is 379 g/mol. The van der Waals surface area contributed by atoms with Crippen molar-refractivity contribution in [2.75, 3.05) is 27.2 Å². The Morgan fingerprint density at radius 2 is 1.64 bits per heavy atom. The van der Waals surface area contributed by atoms with E-state index in [1.165, 1.54) is 11.1 Å². The van der Waals surface area contributed by atoms with E-state index < -0.39 is 5.41 Å². The number of nitrogens with zero attached hydrogens (tertiary/aromatic N) is 2. The fraction of sp³-hybridized carbons (Fsp3) is 0.417. The fourth-order valence-electron chi connectivity index (χ4n) is 4.27. The van der Waals surface area contributed by atoms with Gasteiger partial charge in [-0.2, -0.15) is 0 Å². The molecular formula is C24H30N2O2. The van der Waals surface area contributed by atoms with E-state index in [1.807, 2.05) is 44.1 Å². The number of amides is 2. The average Bonchev–Trinajstić information content (AvgIpc) is 2.73. The lowest BCUT2D eigenvalue weighted by molar-refractivity contribution is -0.147. The van der Waals surface area contributed by atoms with Gasteiger partial charge in [0.2, 0.25) is 11.8 Å². The Kier molecular flexibility index (Phi) is 6.18. The molecule has 0 bridgehead atoms. The third-order valence-electron chi connectivity index (χ3n) is 5.70. The topological polar surface area (TPSA) is 40.6 Å². The Labute approximate surface area is 168 Å². The van der Waals surface area contributed by atoms with Gasteiger partial charge in [0.1, 0.15) is 0 Å². The summed E-state index contributed by atoms with van der Waals surface area (Å²) >= 11 is 0. The summed E-state index contributed by atoms with van der Waals surface area (Å²) in [5.41, 5.74) is 2.95. The van der Waals surface area contributed by atoms with E-state index >= 15 is 0 Å². The summed E-state index contributed by atoms with van der Waals surface area (Å²) in [6, 6.07) is 18.8. The van der Waals surface area contributed by atoms with E-state index in [4.69, 9.17) is 0 Å². The van der Waals surface area contributed by atoms with Crippen molar-refractivity contribution in [2.45, 2.75) is 32.6 Å². The molecule has 0 aliphatic carbocycles. The second-order valence-electron chi connectivity index (χ2n) is 7.99. The van der Waals surface area contributed by atoms with Crippen molar-refractivity contribution in [3.05, 3.63) is 60.2 Å². The number of carbonyl (C=O) groups excluding carboxylic acids is 2. The maximum Gasteiger partial charge on any atom is 0.230 e. The highest BCUT2D eigenvalue weighted by molar-refractivity contribution is 5.84. The molecule has 2 amide bonds. The van der Waals surface area contributed by atoms with Crippen molar-refractivity contribution in [2.24, 2.45) is 5.41 Å². The smallest absolute Gasteiger partial charge is 0.230 e. The van der Waals surface area contributed by atoms with E-state index in [0.29, 0.717) is 19.4 Å². The standard InChI is InChI=1S/C24H30N2O2/c1-4-22(27)26-16-8-15-24(18-26,23(28)25(2)3)17-19-11-13-21(14-12-19)20-9-6-5-7-10-20/h5-7,9-14H,4,8,15-18H2,1-3H3/t24-/m0/s1. The number of piperidine rings is 1. The number of carbonyl (C=O) groups is 2. The first-order chi connectivity index (χ1) is 13.4. The minimum Gasteiger partial charge on any atom is -0.348 e. The Bertz CT molecular complexity index is 814. The zero-order valence-electron chi connectivity index (χ0n) is 17.1. The summed E-state index contributed by atoms with van der Waals surface area (Å²) < 4.78 is 0. The largest absolute Gasteiger partial charge is 0.348 e. The Morgan fingerprint density at radius 1 is 1.00 bits per heavy atom. The van der Waals surface area contributed by atoms with Crippen LogP contribution in [0.15, 0.2) is 54.6 Å². The molecule has 0 aromatic heterocycles. The molecule has 1 aliphatic heterocycles. The minimum atomic E-state index is -0.541. The van der Waals surface area contributed by atoms with Crippen LogP contribution in [0.1, 0.15) is 31.7 Å². The maximum atomic E-state index is 13.2. The van der Waals surface area contributed by atoms with Crippen molar-refractivity contribution in [1.29, 1.82) is 0 Å². The highest BCUT2D eigenvalue weighted by atomic mass is 16.2. The van der Waals surface area contributed by atoms with Crippen LogP contribution in [0, 0.1) is 5.41 Å². The van der Waals surface area contributed by atoms with Gasteiger partial charge in [-0.05, 0) is 36.0 Å². The molecule has 1 fully saturated rings. The van der Waals surface area contributed by atoms with Crippen molar-refractivity contribution in [3.63, 3.8) is 0 Å². The normalized spacial score (nSPS) is 19.3. The molecule has 1 aliphatic rings. The van der Waals surface area contributed by atoms with Crippen LogP contribution in [-0.2, 0) is 16.0 Å². The molecule has 148 valence electrons. The molecule has 4 heteroatoms. The predicted molar refractivity (Wildman–Crippen MR) is 113 cm³/mol. The molecule has 0 saturated carbocycles. The van der Waals surface area contributed by atoms with Crippen LogP contribution in [0.4, 0.5) is 0 Å². The lowest BCUT2D eigenvalue weighted by atomic mass is 9.73. The summed E-state index contributed by atoms with van der Waals surface area (Å²) in [6.07, 6.45) is 2.83. The van der Waals surface area contributed by atoms with Crippen molar-refractivity contribution in [1.82, 2.24) is 9.80 Å². The van der Waals surface area contributed by atoms with E-state index in [9.17, 15) is 9.59 Å². The Morgan fingerprint density at radius 3 is 2.25 bits per heavy atom. The molecule has 2 aromatic rings. The molecule has 28 heavy (non-hydrogen) atoms. The minimum absolute atomic E-state index is 0.119. The van der Waals surface area contributed by atoms with Crippen LogP contribution < -0.4 is 0 Å². The predicted octanol–water partition coefficient (Wildman–Crippen LogP) is 4.00. The summed E-state index contributed by atoms with van der Waals surface area (Å²) in [5.74, 6) is 0.253. The molecule has 0 unspecified atom stereocenters. The molecule has 0 N–H and O–H groups in total. The van der Waals surface area contributed by atoms with Crippen LogP contribution in [0.5, 0.6) is 0 Å². The number of hydrogen-bond donors (Lipinski definition) is 0. The quantitative estimate of drug-likeness (QED) is 0.789. The molecule has 3 rings (SSSR count). The summed E-state index contributed by atoms with van der Waals surface area (Å²) in [4.78, 5) is 29.0. The number of likely N-dealkylation sites (tertiary alicyclic amines) is 1. The van der Waals surface area contributed by atoms with Gasteiger partial charge in [-0.15, -0.1) is 0 Å². The van der Waals surface area contributed by atoms with Gasteiger partial charge in [0.05, 0.1) is 5.41 Å². The third kappa shape index (κ3) is 4.27. The second kappa shape index (κ2) is 8.59. The van der Waals surface area contributed by atoms with Crippen molar-refractivity contribution >= 4 is 11.8 Å².